The van der Waals surface area contributed by atoms with Gasteiger partial charge in [-0.2, -0.15) is 0 Å². The summed E-state index contributed by atoms with van der Waals surface area (Å²) in [5.74, 6) is 0.0899. The van der Waals surface area contributed by atoms with E-state index in [1.54, 1.807) is 0 Å². The molecule has 0 radical (unpaired) electrons. The smallest absolute Gasteiger partial charge is 0.222 e. The molecule has 98 valence electrons. The van der Waals surface area contributed by atoms with Crippen molar-refractivity contribution in [3.8, 4) is 0 Å². The van der Waals surface area contributed by atoms with Gasteiger partial charge in [-0.25, -0.2) is 0 Å². The van der Waals surface area contributed by atoms with Gasteiger partial charge in [-0.05, 0) is 31.2 Å². The number of carbonyl (C=O) groups excluding carboxylic acids is 1. The van der Waals surface area contributed by atoms with Gasteiger partial charge in [-0.15, -0.1) is 0 Å². The third kappa shape index (κ3) is 2.31. The van der Waals surface area contributed by atoms with Crippen molar-refractivity contribution in [3.63, 3.8) is 0 Å². The van der Waals surface area contributed by atoms with Crippen molar-refractivity contribution in [3.05, 3.63) is 30.0 Å². The fraction of sp³-hybridized carbons (Fsp3) is 0.286. The second-order valence-corrected chi connectivity index (χ2v) is 4.94. The fourth-order valence-electron chi connectivity index (χ4n) is 2.42. The lowest BCUT2D eigenvalue weighted by molar-refractivity contribution is -0.119. The molecule has 0 aliphatic carbocycles. The van der Waals surface area contributed by atoms with Gasteiger partial charge in [-0.3, -0.25) is 9.78 Å². The van der Waals surface area contributed by atoms with Gasteiger partial charge in [0.25, 0.3) is 0 Å². The van der Waals surface area contributed by atoms with E-state index in [1.807, 2.05) is 31.2 Å². The van der Waals surface area contributed by atoms with E-state index in [9.17, 15) is 4.79 Å². The molecule has 4 N–H and O–H groups in total. The van der Waals surface area contributed by atoms with Crippen LogP contribution in [0, 0.1) is 6.92 Å². The first-order valence-corrected chi connectivity index (χ1v) is 6.32. The number of hydrogen-bond donors (Lipinski definition) is 3. The zero-order chi connectivity index (χ0) is 13.4. The number of nitrogens with zero attached hydrogens (tertiary/aromatic N) is 1. The molecule has 5 heteroatoms. The lowest BCUT2D eigenvalue weighted by atomic mass is 10.1. The Kier molecular flexibility index (Phi) is 2.74. The zero-order valence-corrected chi connectivity index (χ0v) is 10.7. The number of fused-ring (bicyclic) bond motifs is 1. The van der Waals surface area contributed by atoms with Crippen molar-refractivity contribution in [2.75, 3.05) is 17.6 Å². The summed E-state index contributed by atoms with van der Waals surface area (Å²) in [6.45, 7) is 2.61. The van der Waals surface area contributed by atoms with E-state index in [0.29, 0.717) is 18.7 Å². The molecular weight excluding hydrogens is 240 g/mol. The number of pyridine rings is 1. The van der Waals surface area contributed by atoms with Crippen LogP contribution in [0.2, 0.25) is 0 Å². The number of benzene rings is 1. The number of nitrogens with one attached hydrogen (secondary N) is 2. The minimum atomic E-state index is 0.0899. The molecule has 2 aromatic rings. The molecule has 1 fully saturated rings. The molecule has 3 rings (SSSR count). The SMILES string of the molecule is Cc1cc(NC2CNC(=O)C2)c2cc(N)ccc2n1. The van der Waals surface area contributed by atoms with Gasteiger partial charge in [-0.1, -0.05) is 0 Å². The van der Waals surface area contributed by atoms with Crippen molar-refractivity contribution >= 4 is 28.2 Å². The van der Waals surface area contributed by atoms with Gasteiger partial charge in [0.2, 0.25) is 5.91 Å². The summed E-state index contributed by atoms with van der Waals surface area (Å²) in [5, 5.41) is 7.22. The highest BCUT2D eigenvalue weighted by atomic mass is 16.1. The first-order chi connectivity index (χ1) is 9.11. The monoisotopic (exact) mass is 256 g/mol. The lowest BCUT2D eigenvalue weighted by Gasteiger charge is -2.15. The van der Waals surface area contributed by atoms with E-state index in [1.165, 1.54) is 0 Å². The molecule has 1 aromatic heterocycles. The third-order valence-electron chi connectivity index (χ3n) is 3.30. The molecule has 0 spiro atoms. The van der Waals surface area contributed by atoms with Gasteiger partial charge in [0, 0.05) is 35.4 Å². The average molecular weight is 256 g/mol. The third-order valence-corrected chi connectivity index (χ3v) is 3.30. The number of hydrogen-bond acceptors (Lipinski definition) is 4. The first-order valence-electron chi connectivity index (χ1n) is 6.32. The fourth-order valence-corrected chi connectivity index (χ4v) is 2.42. The minimum Gasteiger partial charge on any atom is -0.399 e. The zero-order valence-electron chi connectivity index (χ0n) is 10.7. The average Bonchev–Trinajstić information content (AvgIpc) is 2.76. The van der Waals surface area contributed by atoms with Crippen molar-refractivity contribution < 1.29 is 4.79 Å². The summed E-state index contributed by atoms with van der Waals surface area (Å²) in [4.78, 5) is 15.7. The van der Waals surface area contributed by atoms with Crippen molar-refractivity contribution in [2.45, 2.75) is 19.4 Å². The van der Waals surface area contributed by atoms with Crippen LogP contribution < -0.4 is 16.4 Å². The van der Waals surface area contributed by atoms with Gasteiger partial charge >= 0.3 is 0 Å². The highest BCUT2D eigenvalue weighted by molar-refractivity contribution is 5.94. The maximum absolute atomic E-state index is 11.2. The quantitative estimate of drug-likeness (QED) is 0.710. The van der Waals surface area contributed by atoms with Crippen LogP contribution in [0.5, 0.6) is 0 Å². The van der Waals surface area contributed by atoms with Gasteiger partial charge in [0.05, 0.1) is 11.6 Å². The van der Waals surface area contributed by atoms with Gasteiger partial charge in [0.15, 0.2) is 0 Å². The Labute approximate surface area is 111 Å². The number of rotatable bonds is 2. The largest absolute Gasteiger partial charge is 0.399 e. The van der Waals surface area contributed by atoms with Crippen LogP contribution in [0.1, 0.15) is 12.1 Å². The molecule has 2 heterocycles. The topological polar surface area (TPSA) is 80.0 Å². The van der Waals surface area contributed by atoms with Gasteiger partial charge < -0.3 is 16.4 Å². The second-order valence-electron chi connectivity index (χ2n) is 4.94. The number of carbonyl (C=O) groups is 1. The van der Waals surface area contributed by atoms with Crippen molar-refractivity contribution in [1.29, 1.82) is 0 Å². The number of aromatic nitrogens is 1. The molecule has 1 unspecified atom stereocenters. The Balaban J connectivity index is 2.01. The summed E-state index contributed by atoms with van der Waals surface area (Å²) < 4.78 is 0. The molecule has 1 atom stereocenters. The van der Waals surface area contributed by atoms with E-state index in [0.717, 1.165) is 22.3 Å². The van der Waals surface area contributed by atoms with E-state index in [4.69, 9.17) is 5.73 Å². The van der Waals surface area contributed by atoms with Gasteiger partial charge in [0.1, 0.15) is 0 Å². The molecule has 5 nitrogen and oxygen atoms in total. The Morgan fingerprint density at radius 1 is 1.42 bits per heavy atom. The number of amides is 1. The Morgan fingerprint density at radius 2 is 2.26 bits per heavy atom. The highest BCUT2D eigenvalue weighted by Gasteiger charge is 2.21. The molecular formula is C14H16N4O. The number of nitrogen functional groups attached to an aromatic ring is 1. The molecule has 19 heavy (non-hydrogen) atoms. The summed E-state index contributed by atoms with van der Waals surface area (Å²) >= 11 is 0. The molecule has 1 amide bonds. The number of anilines is 2. The van der Waals surface area contributed by atoms with Crippen LogP contribution in [-0.4, -0.2) is 23.5 Å². The Morgan fingerprint density at radius 3 is 3.00 bits per heavy atom. The molecule has 1 aromatic carbocycles. The maximum atomic E-state index is 11.2. The highest BCUT2D eigenvalue weighted by Crippen LogP contribution is 2.26. The van der Waals surface area contributed by atoms with Crippen molar-refractivity contribution in [2.24, 2.45) is 0 Å². The summed E-state index contributed by atoms with van der Waals surface area (Å²) in [7, 11) is 0. The molecule has 1 saturated heterocycles. The molecule has 1 aliphatic rings. The standard InChI is InChI=1S/C14H16N4O/c1-8-4-13(18-10-6-14(19)16-7-10)11-5-9(15)2-3-12(11)17-8/h2-5,10H,6-7,15H2,1H3,(H,16,19)(H,17,18). The predicted octanol–water partition coefficient (Wildman–Crippen LogP) is 1.43. The van der Waals surface area contributed by atoms with E-state index < -0.39 is 0 Å². The molecule has 0 saturated carbocycles. The summed E-state index contributed by atoms with van der Waals surface area (Å²) in [5.41, 5.74) is 9.38. The predicted molar refractivity (Wildman–Crippen MR) is 75.9 cm³/mol. The number of nitrogens with two attached hydrogens (primary N) is 1. The van der Waals surface area contributed by atoms with Crippen LogP contribution >= 0.6 is 0 Å². The number of aryl methyl sites for hydroxylation is 1. The van der Waals surface area contributed by atoms with E-state index in [2.05, 4.69) is 15.6 Å². The van der Waals surface area contributed by atoms with E-state index >= 15 is 0 Å². The minimum absolute atomic E-state index is 0.0899. The van der Waals surface area contributed by atoms with Crippen LogP contribution in [0.15, 0.2) is 24.3 Å². The lowest BCUT2D eigenvalue weighted by Crippen LogP contribution is -2.22. The van der Waals surface area contributed by atoms with Crippen molar-refractivity contribution in [1.82, 2.24) is 10.3 Å². The van der Waals surface area contributed by atoms with Crippen LogP contribution in [0.3, 0.4) is 0 Å². The maximum Gasteiger partial charge on any atom is 0.222 e. The Hall–Kier alpha value is -2.30. The summed E-state index contributed by atoms with van der Waals surface area (Å²) in [6, 6.07) is 7.79. The second kappa shape index (κ2) is 4.42. The van der Waals surface area contributed by atoms with Crippen LogP contribution in [-0.2, 0) is 4.79 Å². The first kappa shape index (κ1) is 11.8. The van der Waals surface area contributed by atoms with Crippen LogP contribution in [0.25, 0.3) is 10.9 Å². The van der Waals surface area contributed by atoms with Crippen LogP contribution in [0.4, 0.5) is 11.4 Å². The molecule has 0 bridgehead atoms. The molecule has 1 aliphatic heterocycles. The summed E-state index contributed by atoms with van der Waals surface area (Å²) in [6.07, 6.45) is 0.505. The normalized spacial score (nSPS) is 18.6. The Bertz CT molecular complexity index is 653. The van der Waals surface area contributed by atoms with E-state index in [-0.39, 0.29) is 11.9 Å².